The summed E-state index contributed by atoms with van der Waals surface area (Å²) in [5, 5.41) is 2.30. The summed E-state index contributed by atoms with van der Waals surface area (Å²) in [6.07, 6.45) is 1.20. The Balaban J connectivity index is 1.63. The summed E-state index contributed by atoms with van der Waals surface area (Å²) < 4.78 is 19.6. The molecule has 160 valence electrons. The number of thiocarbonyl (C=S) groups is 1. The SMILES string of the molecule is O=C1NC(=S)N(c2ccc(Oc3ccccc3)cc2)C(=O)/C1=C/c1cc(F)c(Cl)cc1Cl. The highest BCUT2D eigenvalue weighted by atomic mass is 35.5. The molecule has 5 nitrogen and oxygen atoms in total. The van der Waals surface area contributed by atoms with Gasteiger partial charge in [-0.1, -0.05) is 41.4 Å². The molecule has 1 saturated heterocycles. The van der Waals surface area contributed by atoms with Crippen LogP contribution in [0.5, 0.6) is 11.5 Å². The third-order valence-corrected chi connectivity index (χ3v) is 5.42. The lowest BCUT2D eigenvalue weighted by Crippen LogP contribution is -2.54. The smallest absolute Gasteiger partial charge is 0.270 e. The first-order chi connectivity index (χ1) is 15.3. The zero-order valence-corrected chi connectivity index (χ0v) is 18.5. The fraction of sp³-hybridized carbons (Fsp3) is 0. The summed E-state index contributed by atoms with van der Waals surface area (Å²) in [5.41, 5.74) is 0.290. The van der Waals surface area contributed by atoms with Gasteiger partial charge >= 0.3 is 0 Å². The highest BCUT2D eigenvalue weighted by Crippen LogP contribution is 2.29. The van der Waals surface area contributed by atoms with Crippen LogP contribution >= 0.6 is 35.4 Å². The van der Waals surface area contributed by atoms with Crippen molar-refractivity contribution < 1.29 is 18.7 Å². The Bertz CT molecular complexity index is 1260. The van der Waals surface area contributed by atoms with E-state index in [4.69, 9.17) is 40.2 Å². The number of ether oxygens (including phenoxy) is 1. The van der Waals surface area contributed by atoms with Crippen LogP contribution in [-0.4, -0.2) is 16.9 Å². The molecule has 1 fully saturated rings. The number of nitrogens with one attached hydrogen (secondary N) is 1. The topological polar surface area (TPSA) is 58.6 Å². The standard InChI is InChI=1S/C23H13Cl2FN2O3S/c24-18-12-19(25)20(26)11-13(18)10-17-21(29)27-23(32)28(22(17)30)14-6-8-16(9-7-14)31-15-4-2-1-3-5-15/h1-12H,(H,27,29,32)/b17-10+. The number of halogens is 3. The summed E-state index contributed by atoms with van der Waals surface area (Å²) in [7, 11) is 0. The number of benzene rings is 3. The second-order valence-corrected chi connectivity index (χ2v) is 7.86. The molecule has 1 N–H and O–H groups in total. The van der Waals surface area contributed by atoms with Crippen molar-refractivity contribution in [3.8, 4) is 11.5 Å². The largest absolute Gasteiger partial charge is 0.457 e. The van der Waals surface area contributed by atoms with E-state index in [-0.39, 0.29) is 26.3 Å². The lowest BCUT2D eigenvalue weighted by atomic mass is 10.1. The fourth-order valence-electron chi connectivity index (χ4n) is 2.98. The van der Waals surface area contributed by atoms with Crippen LogP contribution in [0.3, 0.4) is 0 Å². The lowest BCUT2D eigenvalue weighted by molar-refractivity contribution is -0.122. The maximum absolute atomic E-state index is 13.9. The fourth-order valence-corrected chi connectivity index (χ4v) is 3.70. The highest BCUT2D eigenvalue weighted by Gasteiger charge is 2.34. The van der Waals surface area contributed by atoms with Crippen molar-refractivity contribution in [3.05, 3.63) is 93.7 Å². The van der Waals surface area contributed by atoms with E-state index >= 15 is 0 Å². The molecule has 3 aromatic carbocycles. The molecule has 1 aliphatic rings. The van der Waals surface area contributed by atoms with E-state index in [1.54, 1.807) is 24.3 Å². The molecule has 0 unspecified atom stereocenters. The number of carbonyl (C=O) groups excluding carboxylic acids is 2. The molecule has 2 amide bonds. The van der Waals surface area contributed by atoms with Gasteiger partial charge in [-0.3, -0.25) is 19.8 Å². The molecule has 0 atom stereocenters. The summed E-state index contributed by atoms with van der Waals surface area (Å²) in [6, 6.07) is 18.1. The molecular formula is C23H13Cl2FN2O3S. The van der Waals surface area contributed by atoms with E-state index in [2.05, 4.69) is 5.32 Å². The number of hydrogen-bond donors (Lipinski definition) is 1. The average Bonchev–Trinajstić information content (AvgIpc) is 2.76. The number of amides is 2. The van der Waals surface area contributed by atoms with Gasteiger partial charge in [0.1, 0.15) is 22.9 Å². The Morgan fingerprint density at radius 2 is 1.59 bits per heavy atom. The third-order valence-electron chi connectivity index (χ3n) is 4.51. The maximum Gasteiger partial charge on any atom is 0.270 e. The van der Waals surface area contributed by atoms with Gasteiger partial charge in [-0.15, -0.1) is 0 Å². The predicted molar refractivity (Wildman–Crippen MR) is 126 cm³/mol. The molecule has 0 spiro atoms. The minimum absolute atomic E-state index is 0.0812. The van der Waals surface area contributed by atoms with Crippen LogP contribution in [0.1, 0.15) is 5.56 Å². The number of hydrogen-bond acceptors (Lipinski definition) is 4. The minimum Gasteiger partial charge on any atom is -0.457 e. The molecule has 4 rings (SSSR count). The maximum atomic E-state index is 13.9. The first kappa shape index (κ1) is 22.0. The number of anilines is 1. The quantitative estimate of drug-likeness (QED) is 0.220. The van der Waals surface area contributed by atoms with Crippen molar-refractivity contribution >= 4 is 64.1 Å². The number of rotatable bonds is 4. The van der Waals surface area contributed by atoms with E-state index < -0.39 is 17.6 Å². The van der Waals surface area contributed by atoms with Gasteiger partial charge in [-0.05, 0) is 72.4 Å². The van der Waals surface area contributed by atoms with E-state index in [0.717, 1.165) is 11.0 Å². The van der Waals surface area contributed by atoms with E-state index in [0.29, 0.717) is 17.2 Å². The molecular weight excluding hydrogens is 474 g/mol. The van der Waals surface area contributed by atoms with Gasteiger partial charge in [0, 0.05) is 5.02 Å². The van der Waals surface area contributed by atoms with Crippen LogP contribution in [0.15, 0.2) is 72.3 Å². The molecule has 1 aliphatic heterocycles. The molecule has 0 aliphatic carbocycles. The Morgan fingerprint density at radius 1 is 0.938 bits per heavy atom. The third kappa shape index (κ3) is 4.50. The zero-order chi connectivity index (χ0) is 22.8. The van der Waals surface area contributed by atoms with Gasteiger partial charge in [-0.2, -0.15) is 0 Å². The molecule has 9 heteroatoms. The normalized spacial score (nSPS) is 15.2. The molecule has 0 aromatic heterocycles. The summed E-state index contributed by atoms with van der Waals surface area (Å²) in [5.74, 6) is -0.908. The Kier molecular flexibility index (Phi) is 6.23. The van der Waals surface area contributed by atoms with Crippen LogP contribution in [0.2, 0.25) is 10.0 Å². The van der Waals surface area contributed by atoms with Crippen LogP contribution < -0.4 is 15.0 Å². The molecule has 32 heavy (non-hydrogen) atoms. The highest BCUT2D eigenvalue weighted by molar-refractivity contribution is 7.80. The van der Waals surface area contributed by atoms with Crippen LogP contribution in [0.25, 0.3) is 6.08 Å². The molecule has 1 heterocycles. The van der Waals surface area contributed by atoms with Gasteiger partial charge in [0.15, 0.2) is 5.11 Å². The Hall–Kier alpha value is -3.26. The van der Waals surface area contributed by atoms with Crippen molar-refractivity contribution in [1.29, 1.82) is 0 Å². The van der Waals surface area contributed by atoms with Crippen molar-refractivity contribution in [1.82, 2.24) is 5.32 Å². The summed E-state index contributed by atoms with van der Waals surface area (Å²) in [4.78, 5) is 26.7. The van der Waals surface area contributed by atoms with Gasteiger partial charge < -0.3 is 4.74 Å². The van der Waals surface area contributed by atoms with Crippen LogP contribution in [-0.2, 0) is 9.59 Å². The van der Waals surface area contributed by atoms with Crippen molar-refractivity contribution in [2.24, 2.45) is 0 Å². The molecule has 3 aromatic rings. The first-order valence-corrected chi connectivity index (χ1v) is 10.4. The number of nitrogens with zero attached hydrogens (tertiary/aromatic N) is 1. The first-order valence-electron chi connectivity index (χ1n) is 9.22. The van der Waals surface area contributed by atoms with Crippen LogP contribution in [0.4, 0.5) is 10.1 Å². The van der Waals surface area contributed by atoms with Crippen molar-refractivity contribution in [3.63, 3.8) is 0 Å². The van der Waals surface area contributed by atoms with Crippen molar-refractivity contribution in [2.45, 2.75) is 0 Å². The van der Waals surface area contributed by atoms with E-state index in [1.807, 2.05) is 30.3 Å². The average molecular weight is 487 g/mol. The monoisotopic (exact) mass is 486 g/mol. The lowest BCUT2D eigenvalue weighted by Gasteiger charge is -2.29. The van der Waals surface area contributed by atoms with Gasteiger partial charge in [0.05, 0.1) is 10.7 Å². The van der Waals surface area contributed by atoms with Gasteiger partial charge in [0.2, 0.25) is 0 Å². The summed E-state index contributed by atoms with van der Waals surface area (Å²) in [6.45, 7) is 0. The predicted octanol–water partition coefficient (Wildman–Crippen LogP) is 5.76. The van der Waals surface area contributed by atoms with Crippen LogP contribution in [0, 0.1) is 5.82 Å². The zero-order valence-electron chi connectivity index (χ0n) is 16.1. The second kappa shape index (κ2) is 9.08. The molecule has 0 saturated carbocycles. The number of para-hydroxylation sites is 1. The Morgan fingerprint density at radius 3 is 2.28 bits per heavy atom. The van der Waals surface area contributed by atoms with Crippen molar-refractivity contribution in [2.75, 3.05) is 4.90 Å². The van der Waals surface area contributed by atoms with Gasteiger partial charge in [0.25, 0.3) is 11.8 Å². The van der Waals surface area contributed by atoms with E-state index in [9.17, 15) is 14.0 Å². The van der Waals surface area contributed by atoms with Gasteiger partial charge in [-0.25, -0.2) is 4.39 Å². The minimum atomic E-state index is -0.729. The Labute approximate surface area is 198 Å². The second-order valence-electron chi connectivity index (χ2n) is 6.65. The summed E-state index contributed by atoms with van der Waals surface area (Å²) >= 11 is 17.0. The van der Waals surface area contributed by atoms with E-state index in [1.165, 1.54) is 12.1 Å². The number of carbonyl (C=O) groups is 2. The molecule has 0 bridgehead atoms. The molecule has 0 radical (unpaired) electrons.